The molecule has 4 heterocycles. The van der Waals surface area contributed by atoms with Gasteiger partial charge in [0.15, 0.2) is 0 Å². The van der Waals surface area contributed by atoms with E-state index in [0.29, 0.717) is 22.4 Å². The highest BCUT2D eigenvalue weighted by molar-refractivity contribution is 6.12. The first kappa shape index (κ1) is 20.3. The van der Waals surface area contributed by atoms with Gasteiger partial charge in [-0.2, -0.15) is 9.52 Å². The fraction of sp³-hybridized carbons (Fsp3) is 0.100. The zero-order chi connectivity index (χ0) is 24.1. The van der Waals surface area contributed by atoms with Crippen molar-refractivity contribution in [2.45, 2.75) is 13.0 Å². The van der Waals surface area contributed by atoms with Gasteiger partial charge >= 0.3 is 0 Å². The highest BCUT2D eigenvalue weighted by Crippen LogP contribution is 2.28. The number of anilines is 1. The number of hydrazine groups is 1. The summed E-state index contributed by atoms with van der Waals surface area (Å²) in [6.45, 7) is -0.0697. The molecule has 6 rings (SSSR count). The summed E-state index contributed by atoms with van der Waals surface area (Å²) in [5.41, 5.74) is 2.27. The number of amides is 2. The molecule has 0 N–H and O–H groups in total. The molecule has 0 atom stereocenters. The second-order valence-electron chi connectivity index (χ2n) is 7.60. The third-order valence-electron chi connectivity index (χ3n) is 5.45. The summed E-state index contributed by atoms with van der Waals surface area (Å²) in [5.74, 6) is -0.807. The summed E-state index contributed by atoms with van der Waals surface area (Å²) in [4.78, 5) is 40.5. The van der Waals surface area contributed by atoms with Crippen molar-refractivity contribution in [3.8, 4) is 5.69 Å². The molecule has 0 spiro atoms. The highest BCUT2D eigenvalue weighted by Gasteiger charge is 2.40. The van der Waals surface area contributed by atoms with E-state index in [1.807, 2.05) is 6.07 Å². The number of nitro benzene ring substituents is 1. The monoisotopic (exact) mass is 471 g/mol. The number of aromatic nitrogens is 8. The molecule has 0 aliphatic carbocycles. The normalized spacial score (nSPS) is 13.9. The molecular weight excluding hydrogens is 458 g/mol. The number of para-hydroxylation sites is 2. The lowest BCUT2D eigenvalue weighted by Gasteiger charge is -2.26. The first-order valence-electron chi connectivity index (χ1n) is 10.3. The first-order valence-corrected chi connectivity index (χ1v) is 10.3. The molecule has 1 saturated heterocycles. The van der Waals surface area contributed by atoms with Crippen molar-refractivity contribution in [2.75, 3.05) is 5.01 Å². The van der Waals surface area contributed by atoms with Crippen LogP contribution in [0.5, 0.6) is 0 Å². The molecule has 0 unspecified atom stereocenters. The van der Waals surface area contributed by atoms with Crippen molar-refractivity contribution in [3.63, 3.8) is 0 Å². The molecule has 1 aliphatic rings. The van der Waals surface area contributed by atoms with E-state index >= 15 is 0 Å². The predicted octanol–water partition coefficient (Wildman–Crippen LogP) is 0.842. The Hall–Kier alpha value is -5.34. The summed E-state index contributed by atoms with van der Waals surface area (Å²) < 4.78 is 2.87. The highest BCUT2D eigenvalue weighted by atomic mass is 16.6. The topological polar surface area (TPSA) is 170 Å². The second kappa shape index (κ2) is 7.62. The van der Waals surface area contributed by atoms with Crippen molar-refractivity contribution < 1.29 is 14.5 Å². The maximum atomic E-state index is 12.9. The minimum atomic E-state index is -0.496. The molecule has 0 radical (unpaired) electrons. The Morgan fingerprint density at radius 1 is 0.971 bits per heavy atom. The lowest BCUT2D eigenvalue weighted by molar-refractivity contribution is -0.384. The first-order chi connectivity index (χ1) is 17.0. The van der Waals surface area contributed by atoms with E-state index in [2.05, 4.69) is 30.8 Å². The van der Waals surface area contributed by atoms with Crippen LogP contribution in [-0.4, -0.2) is 61.8 Å². The van der Waals surface area contributed by atoms with E-state index in [4.69, 9.17) is 0 Å². The third kappa shape index (κ3) is 3.29. The summed E-state index contributed by atoms with van der Waals surface area (Å²) >= 11 is 0. The van der Waals surface area contributed by atoms with Crippen LogP contribution in [0, 0.1) is 10.1 Å². The maximum absolute atomic E-state index is 12.9. The Kier molecular flexibility index (Phi) is 4.41. The van der Waals surface area contributed by atoms with Crippen LogP contribution < -0.4 is 5.01 Å². The number of tetrazole rings is 1. The van der Waals surface area contributed by atoms with E-state index < -0.39 is 16.7 Å². The number of rotatable bonds is 5. The van der Waals surface area contributed by atoms with E-state index in [1.165, 1.54) is 38.5 Å². The number of benzene rings is 2. The van der Waals surface area contributed by atoms with Gasteiger partial charge in [0.25, 0.3) is 17.5 Å². The van der Waals surface area contributed by atoms with Gasteiger partial charge in [-0.3, -0.25) is 19.7 Å². The van der Waals surface area contributed by atoms with Crippen LogP contribution in [0.25, 0.3) is 22.4 Å². The fourth-order valence-corrected chi connectivity index (χ4v) is 3.84. The molecule has 2 aromatic carbocycles. The fourth-order valence-electron chi connectivity index (χ4n) is 3.84. The van der Waals surface area contributed by atoms with Gasteiger partial charge in [0.05, 0.1) is 34.4 Å². The molecule has 15 nitrogen and oxygen atoms in total. The molecule has 5 aromatic rings. The zero-order valence-electron chi connectivity index (χ0n) is 17.7. The molecule has 172 valence electrons. The molecule has 0 saturated carbocycles. The van der Waals surface area contributed by atoms with Crippen LogP contribution in [0.2, 0.25) is 0 Å². The van der Waals surface area contributed by atoms with Crippen LogP contribution in [0.1, 0.15) is 12.1 Å². The van der Waals surface area contributed by atoms with Crippen LogP contribution in [0.4, 0.5) is 11.5 Å². The van der Waals surface area contributed by atoms with Gasteiger partial charge in [-0.15, -0.1) is 10.2 Å². The molecular formula is C20H13N11O4. The van der Waals surface area contributed by atoms with Gasteiger partial charge in [-0.25, -0.2) is 14.7 Å². The number of hydrogen-bond donors (Lipinski definition) is 0. The Morgan fingerprint density at radius 2 is 1.77 bits per heavy atom. The van der Waals surface area contributed by atoms with Gasteiger partial charge in [0, 0.05) is 12.1 Å². The Bertz CT molecular complexity index is 1640. The van der Waals surface area contributed by atoms with Gasteiger partial charge < -0.3 is 0 Å². The summed E-state index contributed by atoms with van der Waals surface area (Å²) in [7, 11) is 0. The van der Waals surface area contributed by atoms with Crippen molar-refractivity contribution >= 4 is 40.0 Å². The van der Waals surface area contributed by atoms with Crippen LogP contribution in [0.3, 0.4) is 0 Å². The third-order valence-corrected chi connectivity index (χ3v) is 5.45. The molecule has 35 heavy (non-hydrogen) atoms. The SMILES string of the molecule is O=C1CC(=O)N(c2nc3ccccc3n3nnnc23)N1Cc1cn(-c2ccc([N+](=O)[O-])cc2)nn1. The van der Waals surface area contributed by atoms with Gasteiger partial charge in [-0.05, 0) is 34.7 Å². The van der Waals surface area contributed by atoms with Crippen LogP contribution in [-0.2, 0) is 16.1 Å². The molecule has 1 aliphatic heterocycles. The van der Waals surface area contributed by atoms with E-state index in [0.717, 1.165) is 5.01 Å². The smallest absolute Gasteiger partial charge is 0.269 e. The largest absolute Gasteiger partial charge is 0.272 e. The minimum Gasteiger partial charge on any atom is -0.272 e. The molecule has 1 fully saturated rings. The van der Waals surface area contributed by atoms with Crippen molar-refractivity contribution in [3.05, 3.63) is 70.5 Å². The van der Waals surface area contributed by atoms with E-state index in [1.54, 1.807) is 24.4 Å². The number of carbonyl (C=O) groups excluding carboxylic acids is 2. The lowest BCUT2D eigenvalue weighted by atomic mass is 10.3. The zero-order valence-corrected chi connectivity index (χ0v) is 17.7. The van der Waals surface area contributed by atoms with Gasteiger partial charge in [0.2, 0.25) is 11.5 Å². The van der Waals surface area contributed by atoms with E-state index in [9.17, 15) is 19.7 Å². The molecule has 0 bridgehead atoms. The lowest BCUT2D eigenvalue weighted by Crippen LogP contribution is -2.41. The molecule has 15 heteroatoms. The number of nitrogens with zero attached hydrogens (tertiary/aromatic N) is 11. The minimum absolute atomic E-state index is 0.0527. The van der Waals surface area contributed by atoms with Gasteiger partial charge in [-0.1, -0.05) is 17.3 Å². The van der Waals surface area contributed by atoms with Crippen molar-refractivity contribution in [2.24, 2.45) is 0 Å². The average Bonchev–Trinajstić information content (AvgIpc) is 3.59. The Morgan fingerprint density at radius 3 is 2.57 bits per heavy atom. The van der Waals surface area contributed by atoms with Gasteiger partial charge in [0.1, 0.15) is 12.1 Å². The maximum Gasteiger partial charge on any atom is 0.269 e. The van der Waals surface area contributed by atoms with Crippen molar-refractivity contribution in [1.29, 1.82) is 0 Å². The molecule has 2 amide bonds. The van der Waals surface area contributed by atoms with Crippen LogP contribution in [0.15, 0.2) is 54.7 Å². The van der Waals surface area contributed by atoms with Crippen LogP contribution >= 0.6 is 0 Å². The summed E-state index contributed by atoms with van der Waals surface area (Å²) in [6, 6.07) is 12.9. The quantitative estimate of drug-likeness (QED) is 0.203. The summed E-state index contributed by atoms with van der Waals surface area (Å²) in [5, 5.41) is 33.1. The van der Waals surface area contributed by atoms with Crippen molar-refractivity contribution in [1.82, 2.24) is 45.0 Å². The summed E-state index contributed by atoms with van der Waals surface area (Å²) in [6.07, 6.45) is 1.22. The van der Waals surface area contributed by atoms with E-state index in [-0.39, 0.29) is 30.1 Å². The average molecular weight is 471 g/mol. The number of fused-ring (bicyclic) bond motifs is 3. The number of hydrogen-bond acceptors (Lipinski definition) is 10. The Balaban J connectivity index is 1.35. The second-order valence-corrected chi connectivity index (χ2v) is 7.60. The number of non-ortho nitro benzene ring substituents is 1. The standard InChI is InChI=1S/C20H13N11O4/c32-17-9-18(33)30(19-20-23-24-26-29(20)16-4-2-1-3-15(16)21-19)28(17)11-12-10-27(25-22-12)13-5-7-14(8-6-13)31(34)35/h1-8,10H,9,11H2. The number of nitro groups is 1. The molecule has 3 aromatic heterocycles. The Labute approximate surface area is 194 Å². The number of carbonyl (C=O) groups is 2. The predicted molar refractivity (Wildman–Crippen MR) is 117 cm³/mol.